The molecule has 0 spiro atoms. The van der Waals surface area contributed by atoms with E-state index in [4.69, 9.17) is 6.42 Å². The second kappa shape index (κ2) is 4.95. The first-order valence-corrected chi connectivity index (χ1v) is 4.23. The molecule has 0 aromatic carbocycles. The maximum absolute atomic E-state index is 12.4. The fourth-order valence-electron chi connectivity index (χ4n) is 0.333. The molecule has 1 atom stereocenters. The largest absolute Gasteiger partial charge is 0.569 e. The van der Waals surface area contributed by atoms with E-state index in [0.29, 0.717) is 0 Å². The predicted octanol–water partition coefficient (Wildman–Crippen LogP) is 2.26. The average molecular weight is 178 g/mol. The molecule has 0 aromatic heterocycles. The van der Waals surface area contributed by atoms with Gasteiger partial charge in [-0.3, -0.25) is 4.52 Å². The van der Waals surface area contributed by atoms with Crippen molar-refractivity contribution < 1.29 is 17.8 Å². The number of terminal acetylenes is 1. The molecule has 0 aromatic rings. The first-order valence-electron chi connectivity index (χ1n) is 2.79. The van der Waals surface area contributed by atoms with Crippen molar-refractivity contribution in [2.75, 3.05) is 6.61 Å². The Labute approximate surface area is 64.9 Å². The molecular weight excluding hydrogens is 170 g/mol. The van der Waals surface area contributed by atoms with Crippen molar-refractivity contribution in [1.82, 2.24) is 0 Å². The van der Waals surface area contributed by atoms with Gasteiger partial charge in [0.25, 0.3) is 0 Å². The van der Waals surface area contributed by atoms with Crippen molar-refractivity contribution in [1.29, 1.82) is 0 Å². The summed E-state index contributed by atoms with van der Waals surface area (Å²) in [5.41, 5.74) is 0. The van der Waals surface area contributed by atoms with E-state index in [1.165, 1.54) is 0 Å². The van der Waals surface area contributed by atoms with Gasteiger partial charge in [-0.05, 0) is 0 Å². The molecular formula is C6H8FO3P. The molecule has 62 valence electrons. The predicted molar refractivity (Wildman–Crippen MR) is 39.4 cm³/mol. The summed E-state index contributed by atoms with van der Waals surface area (Å²) in [6, 6.07) is 0. The lowest BCUT2D eigenvalue weighted by Gasteiger charge is -2.05. The smallest absolute Gasteiger partial charge is 0.410 e. The van der Waals surface area contributed by atoms with E-state index < -0.39 is 7.91 Å². The van der Waals surface area contributed by atoms with Crippen molar-refractivity contribution >= 4 is 7.91 Å². The zero-order chi connectivity index (χ0) is 8.74. The SMILES string of the molecule is C#CCCOP(=O)(F)OC=C. The first-order chi connectivity index (χ1) is 5.12. The van der Waals surface area contributed by atoms with E-state index in [0.717, 1.165) is 6.26 Å². The van der Waals surface area contributed by atoms with Crippen molar-refractivity contribution in [3.8, 4) is 12.3 Å². The highest BCUT2D eigenvalue weighted by atomic mass is 31.2. The van der Waals surface area contributed by atoms with Gasteiger partial charge in [-0.15, -0.1) is 16.5 Å². The van der Waals surface area contributed by atoms with Crippen LogP contribution in [0.3, 0.4) is 0 Å². The Hall–Kier alpha value is -0.780. The van der Waals surface area contributed by atoms with Crippen molar-refractivity contribution in [2.24, 2.45) is 0 Å². The molecule has 0 aliphatic rings. The summed E-state index contributed by atoms with van der Waals surface area (Å²) in [5, 5.41) is 0. The van der Waals surface area contributed by atoms with Gasteiger partial charge in [0.2, 0.25) is 0 Å². The minimum Gasteiger partial charge on any atom is -0.410 e. The van der Waals surface area contributed by atoms with Crippen molar-refractivity contribution in [3.05, 3.63) is 12.8 Å². The molecule has 0 saturated heterocycles. The van der Waals surface area contributed by atoms with Crippen LogP contribution >= 0.6 is 7.91 Å². The van der Waals surface area contributed by atoms with E-state index in [9.17, 15) is 8.76 Å². The van der Waals surface area contributed by atoms with E-state index in [1.54, 1.807) is 0 Å². The Kier molecular flexibility index (Phi) is 4.60. The highest BCUT2D eigenvalue weighted by Gasteiger charge is 2.22. The summed E-state index contributed by atoms with van der Waals surface area (Å²) in [6.07, 6.45) is 5.74. The lowest BCUT2D eigenvalue weighted by molar-refractivity contribution is 0.221. The Morgan fingerprint density at radius 3 is 2.91 bits per heavy atom. The summed E-state index contributed by atoms with van der Waals surface area (Å²) in [6.45, 7) is 2.89. The summed E-state index contributed by atoms with van der Waals surface area (Å²) >= 11 is 0. The molecule has 0 aliphatic heterocycles. The monoisotopic (exact) mass is 178 g/mol. The van der Waals surface area contributed by atoms with E-state index in [2.05, 4.69) is 21.5 Å². The molecule has 0 saturated carbocycles. The molecule has 0 heterocycles. The van der Waals surface area contributed by atoms with Crippen LogP contribution in [0.1, 0.15) is 6.42 Å². The van der Waals surface area contributed by atoms with Crippen LogP contribution in [0.25, 0.3) is 0 Å². The Balaban J connectivity index is 3.65. The molecule has 0 fully saturated rings. The van der Waals surface area contributed by atoms with E-state index in [1.807, 2.05) is 0 Å². The van der Waals surface area contributed by atoms with Crippen LogP contribution in [0.2, 0.25) is 0 Å². The van der Waals surface area contributed by atoms with Crippen LogP contribution in [0.5, 0.6) is 0 Å². The van der Waals surface area contributed by atoms with Gasteiger partial charge in [-0.25, -0.2) is 4.57 Å². The van der Waals surface area contributed by atoms with Crippen LogP contribution in [0.4, 0.5) is 4.20 Å². The number of rotatable bonds is 5. The summed E-state index contributed by atoms with van der Waals surface area (Å²) < 4.78 is 30.9. The van der Waals surface area contributed by atoms with Crippen molar-refractivity contribution in [3.63, 3.8) is 0 Å². The number of hydrogen-bond acceptors (Lipinski definition) is 3. The zero-order valence-electron chi connectivity index (χ0n) is 5.83. The molecule has 5 heteroatoms. The lowest BCUT2D eigenvalue weighted by Crippen LogP contribution is -1.88. The molecule has 11 heavy (non-hydrogen) atoms. The van der Waals surface area contributed by atoms with Gasteiger partial charge in [-0.2, -0.15) is 0 Å². The van der Waals surface area contributed by atoms with Gasteiger partial charge in [0.15, 0.2) is 0 Å². The zero-order valence-corrected chi connectivity index (χ0v) is 6.72. The standard InChI is InChI=1S/C6H8FO3P/c1-3-5-6-10-11(7,8)9-4-2/h1,4H,2,5-6H2. The highest BCUT2D eigenvalue weighted by Crippen LogP contribution is 2.49. The summed E-state index contributed by atoms with van der Waals surface area (Å²) in [5.74, 6) is 2.19. The third kappa shape index (κ3) is 5.65. The van der Waals surface area contributed by atoms with Gasteiger partial charge in [0.1, 0.15) is 0 Å². The highest BCUT2D eigenvalue weighted by molar-refractivity contribution is 7.48. The lowest BCUT2D eigenvalue weighted by atomic mass is 10.5. The van der Waals surface area contributed by atoms with Gasteiger partial charge in [0.05, 0.1) is 12.9 Å². The normalized spacial score (nSPS) is 14.5. The van der Waals surface area contributed by atoms with E-state index >= 15 is 0 Å². The number of halogens is 1. The second-order valence-electron chi connectivity index (χ2n) is 1.49. The van der Waals surface area contributed by atoms with Crippen LogP contribution in [0.15, 0.2) is 12.8 Å². The summed E-state index contributed by atoms with van der Waals surface area (Å²) in [4.78, 5) is 0. The Bertz CT molecular complexity index is 208. The van der Waals surface area contributed by atoms with Crippen LogP contribution in [0, 0.1) is 12.3 Å². The fraction of sp³-hybridized carbons (Fsp3) is 0.333. The minimum atomic E-state index is -4.44. The van der Waals surface area contributed by atoms with Crippen LogP contribution < -0.4 is 0 Å². The minimum absolute atomic E-state index is 0.127. The molecule has 1 unspecified atom stereocenters. The molecule has 0 amide bonds. The Morgan fingerprint density at radius 2 is 2.45 bits per heavy atom. The van der Waals surface area contributed by atoms with Gasteiger partial charge in [0, 0.05) is 6.42 Å². The fourth-order valence-corrected chi connectivity index (χ4v) is 0.881. The maximum Gasteiger partial charge on any atom is 0.569 e. The molecule has 0 rings (SSSR count). The quantitative estimate of drug-likeness (QED) is 0.280. The summed E-state index contributed by atoms with van der Waals surface area (Å²) in [7, 11) is -4.44. The van der Waals surface area contributed by atoms with Gasteiger partial charge < -0.3 is 4.52 Å². The van der Waals surface area contributed by atoms with Crippen molar-refractivity contribution in [2.45, 2.75) is 6.42 Å². The second-order valence-corrected chi connectivity index (χ2v) is 2.82. The third-order valence-electron chi connectivity index (χ3n) is 0.692. The molecule has 0 radical (unpaired) electrons. The van der Waals surface area contributed by atoms with E-state index in [-0.39, 0.29) is 13.0 Å². The molecule has 3 nitrogen and oxygen atoms in total. The topological polar surface area (TPSA) is 35.5 Å². The van der Waals surface area contributed by atoms with Crippen LogP contribution in [-0.2, 0) is 13.6 Å². The first kappa shape index (κ1) is 10.2. The van der Waals surface area contributed by atoms with Gasteiger partial charge in [-0.1, -0.05) is 6.58 Å². The molecule has 0 N–H and O–H groups in total. The average Bonchev–Trinajstić information content (AvgIpc) is 1.87. The molecule has 0 bridgehead atoms. The third-order valence-corrected chi connectivity index (χ3v) is 1.58. The maximum atomic E-state index is 12.4. The molecule has 0 aliphatic carbocycles. The van der Waals surface area contributed by atoms with Crippen LogP contribution in [-0.4, -0.2) is 6.61 Å². The number of hydrogen-bond donors (Lipinski definition) is 0. The van der Waals surface area contributed by atoms with Gasteiger partial charge >= 0.3 is 7.91 Å². The Morgan fingerprint density at radius 1 is 1.82 bits per heavy atom.